The van der Waals surface area contributed by atoms with E-state index in [2.05, 4.69) is 13.1 Å². The van der Waals surface area contributed by atoms with E-state index >= 15 is 0 Å². The molecule has 2 unspecified atom stereocenters. The van der Waals surface area contributed by atoms with E-state index in [0.717, 1.165) is 17.6 Å². The number of hydrogen-bond acceptors (Lipinski definition) is 2. The van der Waals surface area contributed by atoms with Gasteiger partial charge in [0.25, 0.3) is 0 Å². The standard InChI is InChI=1S/C16H20NO2Se/c1-11-5-3-4-6-14(11)17-10-12-9-13(19-2)7-8-15(12)20-16(17)18/h7-11,14H,3-6H2,1-2H3/q+1. The Kier molecular flexibility index (Phi) is 3.95. The van der Waals surface area contributed by atoms with Crippen molar-refractivity contribution in [3.63, 3.8) is 0 Å². The Morgan fingerprint density at radius 2 is 2.10 bits per heavy atom. The van der Waals surface area contributed by atoms with Gasteiger partial charge in [-0.2, -0.15) is 0 Å². The molecule has 0 saturated heterocycles. The van der Waals surface area contributed by atoms with Crippen LogP contribution in [0.1, 0.15) is 38.6 Å². The van der Waals surface area contributed by atoms with E-state index in [9.17, 15) is 4.79 Å². The first-order valence-electron chi connectivity index (χ1n) is 7.22. The molecule has 106 valence electrons. The molecule has 1 aliphatic carbocycles. The van der Waals surface area contributed by atoms with Crippen LogP contribution in [0.5, 0.6) is 5.75 Å². The summed E-state index contributed by atoms with van der Waals surface area (Å²) >= 11 is -0.104. The predicted molar refractivity (Wildman–Crippen MR) is 80.6 cm³/mol. The minimum absolute atomic E-state index is 0.104. The van der Waals surface area contributed by atoms with Crippen molar-refractivity contribution in [2.75, 3.05) is 7.11 Å². The topological polar surface area (TPSA) is 30.2 Å². The molecule has 1 heterocycles. The zero-order chi connectivity index (χ0) is 14.1. The minimum atomic E-state index is -0.104. The number of rotatable bonds is 2. The number of hydrogen-bond donors (Lipinski definition) is 0. The van der Waals surface area contributed by atoms with Crippen molar-refractivity contribution in [1.82, 2.24) is 0 Å². The molecule has 4 heteroatoms. The third-order valence-electron chi connectivity index (χ3n) is 4.33. The molecule has 3 nitrogen and oxygen atoms in total. The molecule has 1 aromatic heterocycles. The molecule has 0 N–H and O–H groups in total. The van der Waals surface area contributed by atoms with Crippen LogP contribution in [0.3, 0.4) is 0 Å². The van der Waals surface area contributed by atoms with Crippen LogP contribution >= 0.6 is 0 Å². The fraction of sp³-hybridized carbons (Fsp3) is 0.500. The Morgan fingerprint density at radius 1 is 1.30 bits per heavy atom. The second kappa shape index (κ2) is 5.71. The summed E-state index contributed by atoms with van der Waals surface area (Å²) in [4.78, 5) is 12.4. The van der Waals surface area contributed by atoms with Crippen molar-refractivity contribution in [2.45, 2.75) is 38.6 Å². The van der Waals surface area contributed by atoms with Crippen LogP contribution in [0.2, 0.25) is 0 Å². The molecular formula is C16H20NO2Se+. The van der Waals surface area contributed by atoms with E-state index in [-0.39, 0.29) is 14.5 Å². The molecule has 1 fully saturated rings. The fourth-order valence-corrected chi connectivity index (χ4v) is 4.92. The van der Waals surface area contributed by atoms with Crippen LogP contribution in [-0.2, 0) is 0 Å². The van der Waals surface area contributed by atoms with Gasteiger partial charge in [0.1, 0.15) is 0 Å². The zero-order valence-corrected chi connectivity index (χ0v) is 13.7. The van der Waals surface area contributed by atoms with Crippen molar-refractivity contribution in [1.29, 1.82) is 0 Å². The molecule has 0 spiro atoms. The van der Waals surface area contributed by atoms with Crippen molar-refractivity contribution >= 4 is 24.1 Å². The second-order valence-corrected chi connectivity index (χ2v) is 7.72. The predicted octanol–water partition coefficient (Wildman–Crippen LogP) is 2.30. The van der Waals surface area contributed by atoms with Crippen LogP contribution in [0.15, 0.2) is 29.2 Å². The molecule has 0 aliphatic heterocycles. The summed E-state index contributed by atoms with van der Waals surface area (Å²) in [5, 5.41) is 1.15. The van der Waals surface area contributed by atoms with Crippen LogP contribution in [-0.4, -0.2) is 21.6 Å². The molecule has 2 atom stereocenters. The maximum absolute atomic E-state index is 12.4. The van der Waals surface area contributed by atoms with Crippen LogP contribution in [0, 0.1) is 5.92 Å². The summed E-state index contributed by atoms with van der Waals surface area (Å²) in [6, 6.07) is 6.41. The van der Waals surface area contributed by atoms with Gasteiger partial charge in [0.05, 0.1) is 0 Å². The molecule has 20 heavy (non-hydrogen) atoms. The third kappa shape index (κ3) is 2.55. The Morgan fingerprint density at radius 3 is 2.85 bits per heavy atom. The van der Waals surface area contributed by atoms with Crippen molar-refractivity contribution in [3.8, 4) is 5.75 Å². The number of nitrogens with zero attached hydrogens (tertiary/aromatic N) is 1. The number of aromatic nitrogens is 1. The van der Waals surface area contributed by atoms with Gasteiger partial charge in [0.15, 0.2) is 0 Å². The quantitative estimate of drug-likeness (QED) is 0.622. The summed E-state index contributed by atoms with van der Waals surface area (Å²) in [7, 11) is 1.68. The van der Waals surface area contributed by atoms with Gasteiger partial charge in [-0.25, -0.2) is 0 Å². The van der Waals surface area contributed by atoms with Gasteiger partial charge in [-0.3, -0.25) is 0 Å². The van der Waals surface area contributed by atoms with Gasteiger partial charge < -0.3 is 0 Å². The Balaban J connectivity index is 2.10. The SMILES string of the molecule is COc1ccc2[se]c(=O)[n+](C3CCCCC3C)cc2c1. The summed E-state index contributed by atoms with van der Waals surface area (Å²) in [6.07, 6.45) is 6.97. The van der Waals surface area contributed by atoms with Crippen molar-refractivity contribution in [3.05, 3.63) is 33.6 Å². The zero-order valence-electron chi connectivity index (χ0n) is 12.0. The average Bonchev–Trinajstić information content (AvgIpc) is 2.47. The van der Waals surface area contributed by atoms with Gasteiger partial charge in [-0.1, -0.05) is 0 Å². The second-order valence-electron chi connectivity index (χ2n) is 5.64. The molecule has 2 aromatic rings. The normalized spacial score (nSPS) is 22.9. The molecule has 1 saturated carbocycles. The maximum atomic E-state index is 12.4. The molecule has 3 rings (SSSR count). The Labute approximate surface area is 124 Å². The van der Waals surface area contributed by atoms with Crippen molar-refractivity contribution in [2.24, 2.45) is 5.92 Å². The van der Waals surface area contributed by atoms with E-state index in [1.807, 2.05) is 22.8 Å². The van der Waals surface area contributed by atoms with E-state index < -0.39 is 0 Å². The summed E-state index contributed by atoms with van der Waals surface area (Å²) < 4.78 is 8.78. The van der Waals surface area contributed by atoms with E-state index in [4.69, 9.17) is 4.74 Å². The van der Waals surface area contributed by atoms with E-state index in [1.54, 1.807) is 7.11 Å². The van der Waals surface area contributed by atoms with Crippen LogP contribution in [0.25, 0.3) is 9.65 Å². The first-order valence-corrected chi connectivity index (χ1v) is 8.93. The number of fused-ring (bicyclic) bond motifs is 1. The Hall–Kier alpha value is -1.12. The molecule has 1 aromatic carbocycles. The third-order valence-corrected chi connectivity index (χ3v) is 6.38. The average molecular weight is 337 g/mol. The van der Waals surface area contributed by atoms with Crippen molar-refractivity contribution < 1.29 is 9.30 Å². The molecule has 1 aliphatic rings. The van der Waals surface area contributed by atoms with Gasteiger partial charge in [-0.15, -0.1) is 0 Å². The molecule has 0 bridgehead atoms. The first-order chi connectivity index (χ1) is 9.69. The number of methoxy groups -OCH3 is 1. The number of ether oxygens (including phenoxy) is 1. The number of benzene rings is 1. The summed E-state index contributed by atoms with van der Waals surface area (Å²) in [5.74, 6) is 1.47. The molecular weight excluding hydrogens is 317 g/mol. The van der Waals surface area contributed by atoms with Crippen LogP contribution < -0.4 is 13.7 Å². The van der Waals surface area contributed by atoms with E-state index in [1.165, 1.54) is 23.5 Å². The first kappa shape index (κ1) is 13.8. The van der Waals surface area contributed by atoms with Gasteiger partial charge in [0.2, 0.25) is 0 Å². The fourth-order valence-electron chi connectivity index (χ4n) is 3.14. The Bertz CT molecular complexity index is 680. The van der Waals surface area contributed by atoms with E-state index in [0.29, 0.717) is 16.4 Å². The van der Waals surface area contributed by atoms with Gasteiger partial charge >= 0.3 is 125 Å². The van der Waals surface area contributed by atoms with Gasteiger partial charge in [0, 0.05) is 0 Å². The summed E-state index contributed by atoms with van der Waals surface area (Å²) in [6.45, 7) is 2.28. The summed E-state index contributed by atoms with van der Waals surface area (Å²) in [5.41, 5.74) is 0. The van der Waals surface area contributed by atoms with Crippen LogP contribution in [0.4, 0.5) is 0 Å². The van der Waals surface area contributed by atoms with Gasteiger partial charge in [-0.05, 0) is 0 Å². The molecule has 0 radical (unpaired) electrons. The molecule has 0 amide bonds. The monoisotopic (exact) mass is 338 g/mol.